The van der Waals surface area contributed by atoms with Gasteiger partial charge in [-0.25, -0.2) is 0 Å². The summed E-state index contributed by atoms with van der Waals surface area (Å²) in [6, 6.07) is 12.6. The first-order chi connectivity index (χ1) is 11.9. The van der Waals surface area contributed by atoms with Gasteiger partial charge in [0.1, 0.15) is 0 Å². The molecule has 0 bridgehead atoms. The van der Waals surface area contributed by atoms with E-state index in [0.29, 0.717) is 5.56 Å². The van der Waals surface area contributed by atoms with Crippen LogP contribution in [0.15, 0.2) is 55.1 Å². The van der Waals surface area contributed by atoms with E-state index in [0.717, 1.165) is 0 Å². The molecular formula is C18H12F3N3O. The number of carbonyl (C=O) groups excluding carboxylic acids is 1. The summed E-state index contributed by atoms with van der Waals surface area (Å²) in [7, 11) is 0. The number of rotatable bonds is 3. The maximum Gasteiger partial charge on any atom is 0.435 e. The van der Waals surface area contributed by atoms with Gasteiger partial charge >= 0.3 is 6.18 Å². The summed E-state index contributed by atoms with van der Waals surface area (Å²) in [5, 5.41) is 9.52. The zero-order valence-corrected chi connectivity index (χ0v) is 12.8. The van der Waals surface area contributed by atoms with Crippen molar-refractivity contribution >= 4 is 28.4 Å². The molecule has 1 aromatic heterocycles. The predicted molar refractivity (Wildman–Crippen MR) is 89.0 cm³/mol. The molecule has 1 N–H and O–H groups in total. The van der Waals surface area contributed by atoms with Crippen LogP contribution in [0, 0.1) is 0 Å². The molecule has 7 heteroatoms. The smallest absolute Gasteiger partial charge is 0.322 e. The molecule has 0 aliphatic carbocycles. The number of carbonyl (C=O) groups is 1. The molecule has 4 nitrogen and oxygen atoms in total. The minimum Gasteiger partial charge on any atom is -0.322 e. The van der Waals surface area contributed by atoms with Crippen LogP contribution >= 0.6 is 0 Å². The minimum absolute atomic E-state index is 0.150. The number of anilines is 1. The zero-order valence-electron chi connectivity index (χ0n) is 12.8. The standard InChI is InChI=1S/C18H12F3N3O/c1-2-15-13-9-8-12(22-17(25)11-6-4-3-5-7-11)10-14(13)16(24-23-15)18(19,20)21/h2-10H,1H2,(H,22,25). The lowest BCUT2D eigenvalue weighted by atomic mass is 10.1. The topological polar surface area (TPSA) is 54.9 Å². The SMILES string of the molecule is C=Cc1nnc(C(F)(F)F)c2cc(NC(=O)c3ccccc3)ccc12. The fourth-order valence-electron chi connectivity index (χ4n) is 2.41. The third kappa shape index (κ3) is 3.35. The van der Waals surface area contributed by atoms with E-state index in [1.54, 1.807) is 30.3 Å². The van der Waals surface area contributed by atoms with Crippen molar-refractivity contribution in [2.24, 2.45) is 0 Å². The van der Waals surface area contributed by atoms with Gasteiger partial charge in [0.05, 0.1) is 5.69 Å². The van der Waals surface area contributed by atoms with Crippen LogP contribution in [0.5, 0.6) is 0 Å². The number of fused-ring (bicyclic) bond motifs is 1. The molecule has 126 valence electrons. The van der Waals surface area contributed by atoms with Gasteiger partial charge < -0.3 is 5.32 Å². The van der Waals surface area contributed by atoms with Crippen molar-refractivity contribution in [1.29, 1.82) is 0 Å². The van der Waals surface area contributed by atoms with E-state index in [9.17, 15) is 18.0 Å². The molecule has 0 aliphatic heterocycles. The molecule has 3 aromatic rings. The van der Waals surface area contributed by atoms with Crippen molar-refractivity contribution < 1.29 is 18.0 Å². The van der Waals surface area contributed by atoms with Crippen LogP contribution in [0.4, 0.5) is 18.9 Å². The molecule has 0 atom stereocenters. The molecule has 1 heterocycles. The molecule has 0 saturated heterocycles. The van der Waals surface area contributed by atoms with Crippen LogP contribution in [0.3, 0.4) is 0 Å². The van der Waals surface area contributed by atoms with Crippen molar-refractivity contribution in [2.45, 2.75) is 6.18 Å². The van der Waals surface area contributed by atoms with Gasteiger partial charge in [0.25, 0.3) is 5.91 Å². The number of halogens is 3. The number of aromatic nitrogens is 2. The fraction of sp³-hybridized carbons (Fsp3) is 0.0556. The third-order valence-electron chi connectivity index (χ3n) is 3.56. The van der Waals surface area contributed by atoms with Crippen LogP contribution < -0.4 is 5.32 Å². The molecule has 25 heavy (non-hydrogen) atoms. The molecule has 0 fully saturated rings. The average molecular weight is 343 g/mol. The van der Waals surface area contributed by atoms with Crippen LogP contribution in [0.25, 0.3) is 16.8 Å². The average Bonchev–Trinajstić information content (AvgIpc) is 2.60. The Morgan fingerprint density at radius 2 is 1.76 bits per heavy atom. The highest BCUT2D eigenvalue weighted by atomic mass is 19.4. The Kier molecular flexibility index (Phi) is 4.22. The Morgan fingerprint density at radius 3 is 2.40 bits per heavy atom. The number of nitrogens with zero attached hydrogens (tertiary/aromatic N) is 2. The van der Waals surface area contributed by atoms with Gasteiger partial charge in [0.2, 0.25) is 0 Å². The highest BCUT2D eigenvalue weighted by Gasteiger charge is 2.35. The van der Waals surface area contributed by atoms with E-state index in [1.165, 1.54) is 24.3 Å². The lowest BCUT2D eigenvalue weighted by Gasteiger charge is -2.12. The third-order valence-corrected chi connectivity index (χ3v) is 3.56. The fourth-order valence-corrected chi connectivity index (χ4v) is 2.41. The summed E-state index contributed by atoms with van der Waals surface area (Å²) in [6.07, 6.45) is -3.33. The first kappa shape index (κ1) is 16.6. The maximum atomic E-state index is 13.2. The monoisotopic (exact) mass is 343 g/mol. The first-order valence-electron chi connectivity index (χ1n) is 7.26. The number of alkyl halides is 3. The molecule has 3 rings (SSSR count). The Labute approximate surface area is 141 Å². The van der Waals surface area contributed by atoms with Crippen LogP contribution in [-0.4, -0.2) is 16.1 Å². The highest BCUT2D eigenvalue weighted by Crippen LogP contribution is 2.35. The molecular weight excluding hydrogens is 331 g/mol. The van der Waals surface area contributed by atoms with Gasteiger partial charge in [-0.3, -0.25) is 4.79 Å². The minimum atomic E-state index is -4.66. The normalized spacial score (nSPS) is 11.3. The second-order valence-electron chi connectivity index (χ2n) is 5.22. The Balaban J connectivity index is 2.06. The molecule has 0 unspecified atom stereocenters. The van der Waals surface area contributed by atoms with Crippen molar-refractivity contribution in [2.75, 3.05) is 5.32 Å². The van der Waals surface area contributed by atoms with Gasteiger partial charge in [-0.15, -0.1) is 10.2 Å². The molecule has 0 saturated carbocycles. The van der Waals surface area contributed by atoms with Crippen molar-refractivity contribution in [1.82, 2.24) is 10.2 Å². The number of nitrogens with one attached hydrogen (secondary N) is 1. The van der Waals surface area contributed by atoms with E-state index in [-0.39, 0.29) is 22.2 Å². The Morgan fingerprint density at radius 1 is 1.04 bits per heavy atom. The zero-order chi connectivity index (χ0) is 18.0. The van der Waals surface area contributed by atoms with Crippen molar-refractivity contribution in [3.05, 3.63) is 72.1 Å². The summed E-state index contributed by atoms with van der Waals surface area (Å²) in [6.45, 7) is 3.53. The van der Waals surface area contributed by atoms with Crippen molar-refractivity contribution in [3.63, 3.8) is 0 Å². The molecule has 0 spiro atoms. The largest absolute Gasteiger partial charge is 0.435 e. The summed E-state index contributed by atoms with van der Waals surface area (Å²) >= 11 is 0. The second kappa shape index (κ2) is 6.35. The van der Waals surface area contributed by atoms with E-state index < -0.39 is 17.8 Å². The summed E-state index contributed by atoms with van der Waals surface area (Å²) in [5.74, 6) is -0.417. The van der Waals surface area contributed by atoms with Crippen molar-refractivity contribution in [3.8, 4) is 0 Å². The van der Waals surface area contributed by atoms with E-state index in [1.807, 2.05) is 0 Å². The van der Waals surface area contributed by atoms with E-state index in [4.69, 9.17) is 0 Å². The van der Waals surface area contributed by atoms with Gasteiger partial charge in [-0.1, -0.05) is 30.8 Å². The molecule has 0 aliphatic rings. The summed E-state index contributed by atoms with van der Waals surface area (Å²) < 4.78 is 39.6. The van der Waals surface area contributed by atoms with Crippen LogP contribution in [-0.2, 0) is 6.18 Å². The summed E-state index contributed by atoms with van der Waals surface area (Å²) in [5.41, 5.74) is -0.235. The van der Waals surface area contributed by atoms with Gasteiger partial charge in [-0.05, 0) is 30.3 Å². The second-order valence-corrected chi connectivity index (χ2v) is 5.22. The van der Waals surface area contributed by atoms with Gasteiger partial charge in [0, 0.05) is 22.0 Å². The summed E-state index contributed by atoms with van der Waals surface area (Å²) in [4.78, 5) is 12.2. The first-order valence-corrected chi connectivity index (χ1v) is 7.26. The Hall–Kier alpha value is -3.22. The number of amides is 1. The molecule has 2 aromatic carbocycles. The molecule has 1 amide bonds. The molecule has 0 radical (unpaired) electrons. The lowest BCUT2D eigenvalue weighted by molar-refractivity contribution is -0.140. The maximum absolute atomic E-state index is 13.2. The highest BCUT2D eigenvalue weighted by molar-refractivity contribution is 6.05. The predicted octanol–water partition coefficient (Wildman–Crippen LogP) is 4.54. The number of hydrogen-bond donors (Lipinski definition) is 1. The quantitative estimate of drug-likeness (QED) is 0.759. The van der Waals surface area contributed by atoms with Crippen LogP contribution in [0.1, 0.15) is 21.7 Å². The van der Waals surface area contributed by atoms with E-state index >= 15 is 0 Å². The van der Waals surface area contributed by atoms with Gasteiger partial charge in [0.15, 0.2) is 5.69 Å². The van der Waals surface area contributed by atoms with E-state index in [2.05, 4.69) is 22.1 Å². The number of hydrogen-bond acceptors (Lipinski definition) is 3. The lowest BCUT2D eigenvalue weighted by Crippen LogP contribution is -2.13. The van der Waals surface area contributed by atoms with Crippen LogP contribution in [0.2, 0.25) is 0 Å². The Bertz CT molecular complexity index is 953. The number of benzene rings is 2. The van der Waals surface area contributed by atoms with Gasteiger partial charge in [-0.2, -0.15) is 13.2 Å².